The van der Waals surface area contributed by atoms with E-state index in [1.54, 1.807) is 24.4 Å². The second kappa shape index (κ2) is 8.35. The average Bonchev–Trinajstić information content (AvgIpc) is 3.38. The Morgan fingerprint density at radius 3 is 2.79 bits per heavy atom. The number of carbonyl (C=O) groups excluding carboxylic acids is 1. The van der Waals surface area contributed by atoms with Gasteiger partial charge in [0.1, 0.15) is 18.5 Å². The highest BCUT2D eigenvalue weighted by Gasteiger charge is 2.23. The van der Waals surface area contributed by atoms with Crippen molar-refractivity contribution in [2.75, 3.05) is 5.73 Å². The van der Waals surface area contributed by atoms with Crippen LogP contribution < -0.4 is 15.8 Å². The van der Waals surface area contributed by atoms with Gasteiger partial charge < -0.3 is 15.5 Å². The molecule has 0 aliphatic heterocycles. The number of nitrogens with zero attached hydrogens (tertiary/aromatic N) is 5. The highest BCUT2D eigenvalue weighted by molar-refractivity contribution is 5.98. The Morgan fingerprint density at radius 2 is 1.97 bits per heavy atom. The van der Waals surface area contributed by atoms with E-state index in [2.05, 4.69) is 25.3 Å². The van der Waals surface area contributed by atoms with Crippen LogP contribution in [-0.4, -0.2) is 31.1 Å². The lowest BCUT2D eigenvalue weighted by molar-refractivity contribution is -0.909. The number of nitrogens with one attached hydrogen (secondary N) is 1. The Hall–Kier alpha value is -4.86. The molecule has 0 atom stereocenters. The molecule has 0 aliphatic rings. The van der Waals surface area contributed by atoms with Crippen LogP contribution in [0.1, 0.15) is 16.2 Å². The highest BCUT2D eigenvalue weighted by Crippen LogP contribution is 2.31. The molecule has 0 radical (unpaired) electrons. The Bertz CT molecular complexity index is 1470. The van der Waals surface area contributed by atoms with Crippen LogP contribution in [0, 0.1) is 0 Å². The van der Waals surface area contributed by atoms with Gasteiger partial charge in [-0.05, 0) is 24.3 Å². The van der Waals surface area contributed by atoms with E-state index in [9.17, 15) is 10.0 Å². The van der Waals surface area contributed by atoms with Gasteiger partial charge in [-0.2, -0.15) is 0 Å². The van der Waals surface area contributed by atoms with Crippen molar-refractivity contribution in [3.63, 3.8) is 0 Å². The number of amides is 1. The van der Waals surface area contributed by atoms with Crippen molar-refractivity contribution < 1.29 is 19.1 Å². The summed E-state index contributed by atoms with van der Waals surface area (Å²) >= 11 is 0. The molecular formula is C23H18N7O3+. The summed E-state index contributed by atoms with van der Waals surface area (Å²) in [4.78, 5) is 30.4. The fourth-order valence-corrected chi connectivity index (χ4v) is 3.39. The Morgan fingerprint density at radius 1 is 1.06 bits per heavy atom. The van der Waals surface area contributed by atoms with E-state index >= 15 is 0 Å². The number of pyridine rings is 2. The number of oxazole rings is 1. The first kappa shape index (κ1) is 20.1. The van der Waals surface area contributed by atoms with Gasteiger partial charge in [-0.1, -0.05) is 12.1 Å². The van der Waals surface area contributed by atoms with Crippen LogP contribution in [0.4, 0.5) is 5.82 Å². The first-order valence-electron chi connectivity index (χ1n) is 9.99. The van der Waals surface area contributed by atoms with E-state index in [-0.39, 0.29) is 23.9 Å². The number of rotatable bonds is 5. The molecule has 1 aromatic carbocycles. The third-order valence-electron chi connectivity index (χ3n) is 5.00. The molecule has 10 heteroatoms. The molecule has 0 spiro atoms. The number of benzene rings is 1. The predicted molar refractivity (Wildman–Crippen MR) is 118 cm³/mol. The SMILES string of the molecule is Nc1nc(-c2ncco2)c(-c2ccc3ncccc3c2)nc1C(=O)NCc1cccc[n+]1O. The van der Waals surface area contributed by atoms with Gasteiger partial charge in [0, 0.05) is 34.0 Å². The Labute approximate surface area is 187 Å². The first-order chi connectivity index (χ1) is 16.1. The molecule has 0 bridgehead atoms. The number of fused-ring (bicyclic) bond motifs is 1. The zero-order valence-corrected chi connectivity index (χ0v) is 17.2. The standard InChI is InChI=1S/C23H17N7O3/c24-21-20(22(31)27-13-16-5-1-2-10-30(16)32)28-18(19(29-21)23-26-9-11-33-23)15-6-7-17-14(12-15)4-3-8-25-17/h1-12H,13H2,(H3-,24,27,29,31,32)/p+1. The molecule has 10 nitrogen and oxygen atoms in total. The number of nitrogens with two attached hydrogens (primary N) is 1. The van der Waals surface area contributed by atoms with Gasteiger partial charge in [0.2, 0.25) is 12.1 Å². The topological polar surface area (TPSA) is 144 Å². The molecule has 162 valence electrons. The minimum absolute atomic E-state index is 0.0491. The zero-order valence-electron chi connectivity index (χ0n) is 17.2. The number of aromatic nitrogens is 5. The van der Waals surface area contributed by atoms with Gasteiger partial charge in [-0.3, -0.25) is 15.0 Å². The molecular weight excluding hydrogens is 422 g/mol. The Kier molecular flexibility index (Phi) is 5.07. The summed E-state index contributed by atoms with van der Waals surface area (Å²) in [6, 6.07) is 14.5. The highest BCUT2D eigenvalue weighted by atomic mass is 16.5. The maximum absolute atomic E-state index is 12.9. The molecule has 4 heterocycles. The van der Waals surface area contributed by atoms with Crippen molar-refractivity contribution >= 4 is 22.6 Å². The smallest absolute Gasteiger partial charge is 0.274 e. The van der Waals surface area contributed by atoms with Crippen molar-refractivity contribution in [3.05, 3.63) is 84.8 Å². The third-order valence-corrected chi connectivity index (χ3v) is 5.00. The van der Waals surface area contributed by atoms with E-state index in [0.717, 1.165) is 15.6 Å². The molecule has 5 aromatic rings. The van der Waals surface area contributed by atoms with E-state index in [4.69, 9.17) is 10.2 Å². The molecule has 33 heavy (non-hydrogen) atoms. The van der Waals surface area contributed by atoms with E-state index in [1.165, 1.54) is 18.7 Å². The fraction of sp³-hybridized carbons (Fsp3) is 0.0435. The number of hydrogen-bond acceptors (Lipinski definition) is 8. The van der Waals surface area contributed by atoms with Gasteiger partial charge in [0.15, 0.2) is 17.2 Å². The minimum Gasteiger partial charge on any atom is -0.443 e. The monoisotopic (exact) mass is 440 g/mol. The lowest BCUT2D eigenvalue weighted by Crippen LogP contribution is -2.38. The van der Waals surface area contributed by atoms with Crippen molar-refractivity contribution in [1.82, 2.24) is 25.3 Å². The van der Waals surface area contributed by atoms with Gasteiger partial charge in [0.05, 0.1) is 11.7 Å². The largest absolute Gasteiger partial charge is 0.443 e. The summed E-state index contributed by atoms with van der Waals surface area (Å²) in [6.07, 6.45) is 6.10. The number of anilines is 1. The lowest BCUT2D eigenvalue weighted by Gasteiger charge is -2.11. The molecule has 0 fully saturated rings. The average molecular weight is 440 g/mol. The molecule has 0 aliphatic carbocycles. The summed E-state index contributed by atoms with van der Waals surface area (Å²) in [7, 11) is 0. The van der Waals surface area contributed by atoms with Crippen LogP contribution in [-0.2, 0) is 6.54 Å². The Balaban J connectivity index is 1.57. The van der Waals surface area contributed by atoms with Gasteiger partial charge in [-0.15, -0.1) is 0 Å². The molecule has 4 aromatic heterocycles. The zero-order chi connectivity index (χ0) is 22.8. The van der Waals surface area contributed by atoms with E-state index < -0.39 is 5.91 Å². The van der Waals surface area contributed by atoms with Crippen molar-refractivity contribution in [2.24, 2.45) is 0 Å². The molecule has 1 amide bonds. The summed E-state index contributed by atoms with van der Waals surface area (Å²) < 4.78 is 6.36. The second-order valence-corrected chi connectivity index (χ2v) is 7.12. The second-order valence-electron chi connectivity index (χ2n) is 7.12. The number of nitrogen functional groups attached to an aromatic ring is 1. The lowest BCUT2D eigenvalue weighted by atomic mass is 10.1. The molecule has 0 saturated carbocycles. The third kappa shape index (κ3) is 3.92. The van der Waals surface area contributed by atoms with Crippen molar-refractivity contribution in [1.29, 1.82) is 0 Å². The maximum Gasteiger partial charge on any atom is 0.274 e. The van der Waals surface area contributed by atoms with Gasteiger partial charge in [0.25, 0.3) is 11.6 Å². The van der Waals surface area contributed by atoms with Crippen LogP contribution in [0.25, 0.3) is 33.7 Å². The summed E-state index contributed by atoms with van der Waals surface area (Å²) in [5.74, 6) is -0.378. The molecule has 4 N–H and O–H groups in total. The number of carbonyl (C=O) groups is 1. The molecule has 5 rings (SSSR count). The van der Waals surface area contributed by atoms with Gasteiger partial charge >= 0.3 is 0 Å². The van der Waals surface area contributed by atoms with Crippen LogP contribution in [0.2, 0.25) is 0 Å². The van der Waals surface area contributed by atoms with Crippen LogP contribution in [0.5, 0.6) is 0 Å². The van der Waals surface area contributed by atoms with Crippen LogP contribution in [0.3, 0.4) is 0 Å². The maximum atomic E-state index is 12.9. The van der Waals surface area contributed by atoms with Crippen molar-refractivity contribution in [3.8, 4) is 22.8 Å². The molecule has 0 unspecified atom stereocenters. The van der Waals surface area contributed by atoms with Crippen molar-refractivity contribution in [2.45, 2.75) is 6.54 Å². The van der Waals surface area contributed by atoms with Gasteiger partial charge in [-0.25, -0.2) is 15.0 Å². The predicted octanol–water partition coefficient (Wildman–Crippen LogP) is 2.38. The number of hydrogen-bond donors (Lipinski definition) is 3. The summed E-state index contributed by atoms with van der Waals surface area (Å²) in [5, 5.41) is 13.5. The van der Waals surface area contributed by atoms with E-state index in [0.29, 0.717) is 22.6 Å². The summed E-state index contributed by atoms with van der Waals surface area (Å²) in [5.41, 5.74) is 8.75. The fourth-order valence-electron chi connectivity index (χ4n) is 3.39. The van der Waals surface area contributed by atoms with E-state index in [1.807, 2.05) is 30.3 Å². The van der Waals surface area contributed by atoms with Crippen LogP contribution in [0.15, 0.2) is 77.8 Å². The molecule has 0 saturated heterocycles. The quantitative estimate of drug-likeness (QED) is 0.279. The first-order valence-corrected chi connectivity index (χ1v) is 9.99. The minimum atomic E-state index is -0.536. The normalized spacial score (nSPS) is 10.9. The van der Waals surface area contributed by atoms with Crippen LogP contribution >= 0.6 is 0 Å². The summed E-state index contributed by atoms with van der Waals surface area (Å²) in [6.45, 7) is 0.0652.